The van der Waals surface area contributed by atoms with E-state index in [1.165, 1.54) is 6.07 Å². The lowest BCUT2D eigenvalue weighted by Gasteiger charge is -2.44. The number of carbonyl (C=O) groups excluding carboxylic acids is 1. The zero-order valence-electron chi connectivity index (χ0n) is 21.7. The highest BCUT2D eigenvalue weighted by Gasteiger charge is 2.41. The van der Waals surface area contributed by atoms with E-state index in [1.54, 1.807) is 6.07 Å². The van der Waals surface area contributed by atoms with Crippen LogP contribution in [-0.4, -0.2) is 49.9 Å². The van der Waals surface area contributed by atoms with Crippen LogP contribution >= 0.6 is 0 Å². The van der Waals surface area contributed by atoms with E-state index in [-0.39, 0.29) is 11.9 Å². The molecule has 0 aliphatic carbocycles. The molecule has 4 heterocycles. The second-order valence-electron chi connectivity index (χ2n) is 11.5. The lowest BCUT2D eigenvalue weighted by atomic mass is 9.78. The van der Waals surface area contributed by atoms with Gasteiger partial charge in [0.15, 0.2) is 0 Å². The summed E-state index contributed by atoms with van der Waals surface area (Å²) in [6.45, 7) is 12.2. The smallest absolute Gasteiger partial charge is 0.407 e. The average molecular weight is 497 g/mol. The summed E-state index contributed by atoms with van der Waals surface area (Å²) in [5.74, 6) is 1.84. The Bertz CT molecular complexity index is 1090. The summed E-state index contributed by atoms with van der Waals surface area (Å²) in [4.78, 5) is 15.3. The number of halogens is 1. The molecule has 7 heteroatoms. The first-order valence-corrected chi connectivity index (χ1v) is 13.1. The Hall–Kier alpha value is -2.80. The lowest BCUT2D eigenvalue weighted by Crippen LogP contribution is -2.53. The molecular weight excluding hydrogens is 459 g/mol. The van der Waals surface area contributed by atoms with Gasteiger partial charge in [-0.3, -0.25) is 4.90 Å². The molecular formula is C29H37FN2O4. The Kier molecular flexibility index (Phi) is 6.86. The maximum Gasteiger partial charge on any atom is 0.407 e. The van der Waals surface area contributed by atoms with Crippen molar-refractivity contribution in [2.75, 3.05) is 32.8 Å². The molecule has 3 fully saturated rings. The second kappa shape index (κ2) is 9.92. The predicted molar refractivity (Wildman–Crippen MR) is 137 cm³/mol. The Labute approximate surface area is 213 Å². The van der Waals surface area contributed by atoms with Crippen LogP contribution in [0.4, 0.5) is 9.18 Å². The van der Waals surface area contributed by atoms with Crippen LogP contribution in [0.1, 0.15) is 52.1 Å². The van der Waals surface area contributed by atoms with Gasteiger partial charge >= 0.3 is 6.09 Å². The summed E-state index contributed by atoms with van der Waals surface area (Å²) in [7, 11) is 0. The molecule has 0 saturated carbocycles. The first-order valence-electron chi connectivity index (χ1n) is 13.1. The molecule has 1 N–H and O–H groups in total. The zero-order chi connectivity index (χ0) is 25.4. The van der Waals surface area contributed by atoms with Gasteiger partial charge in [-0.05, 0) is 67.6 Å². The van der Waals surface area contributed by atoms with Crippen molar-refractivity contribution < 1.29 is 23.4 Å². The number of benzene rings is 2. The molecule has 4 aliphatic rings. The van der Waals surface area contributed by atoms with Crippen molar-refractivity contribution in [3.63, 3.8) is 0 Å². The number of nitrogens with zero attached hydrogens (tertiary/aromatic N) is 1. The number of nitrogens with one attached hydrogen (secondary N) is 1. The maximum absolute atomic E-state index is 15.4. The van der Waals surface area contributed by atoms with Gasteiger partial charge < -0.3 is 19.5 Å². The van der Waals surface area contributed by atoms with Gasteiger partial charge in [-0.2, -0.15) is 0 Å². The monoisotopic (exact) mass is 496 g/mol. The zero-order valence-corrected chi connectivity index (χ0v) is 21.7. The van der Waals surface area contributed by atoms with Crippen molar-refractivity contribution in [1.29, 1.82) is 0 Å². The summed E-state index contributed by atoms with van der Waals surface area (Å²) in [5.41, 5.74) is 1.41. The number of carbonyl (C=O) groups is 1. The summed E-state index contributed by atoms with van der Waals surface area (Å²) in [6.07, 6.45) is 1.62. The van der Waals surface area contributed by atoms with E-state index in [0.29, 0.717) is 41.9 Å². The predicted octanol–water partition coefficient (Wildman–Crippen LogP) is 5.81. The molecule has 2 bridgehead atoms. The van der Waals surface area contributed by atoms with Gasteiger partial charge in [0.2, 0.25) is 0 Å². The van der Waals surface area contributed by atoms with Crippen LogP contribution < -0.4 is 14.8 Å². The molecule has 2 aromatic rings. The molecule has 0 radical (unpaired) electrons. The number of rotatable bonds is 6. The molecule has 0 aromatic heterocycles. The fourth-order valence-corrected chi connectivity index (χ4v) is 5.51. The molecule has 3 saturated heterocycles. The van der Waals surface area contributed by atoms with Crippen molar-refractivity contribution in [2.24, 2.45) is 17.3 Å². The van der Waals surface area contributed by atoms with Crippen molar-refractivity contribution in [3.05, 3.63) is 47.8 Å². The van der Waals surface area contributed by atoms with Crippen LogP contribution in [0.5, 0.6) is 11.5 Å². The van der Waals surface area contributed by atoms with Gasteiger partial charge in [-0.25, -0.2) is 9.18 Å². The molecule has 2 unspecified atom stereocenters. The number of ether oxygens (including phenoxy) is 3. The minimum atomic E-state index is -0.443. The Morgan fingerprint density at radius 1 is 1.19 bits per heavy atom. The number of piperidine rings is 3. The van der Waals surface area contributed by atoms with Crippen molar-refractivity contribution >= 4 is 6.09 Å². The normalized spacial score (nSPS) is 26.2. The highest BCUT2D eigenvalue weighted by Crippen LogP contribution is 2.45. The van der Waals surface area contributed by atoms with E-state index in [1.807, 2.05) is 38.1 Å². The van der Waals surface area contributed by atoms with Crippen molar-refractivity contribution in [2.45, 2.75) is 52.7 Å². The molecule has 6 nitrogen and oxygen atoms in total. The Morgan fingerprint density at radius 3 is 2.56 bits per heavy atom. The van der Waals surface area contributed by atoms with Crippen LogP contribution in [-0.2, 0) is 4.74 Å². The number of alkyl carbamates (subject to hydrolysis) is 1. The highest BCUT2D eigenvalue weighted by atomic mass is 19.1. The van der Waals surface area contributed by atoms with Crippen LogP contribution in [0.15, 0.2) is 36.4 Å². The third-order valence-electron chi connectivity index (χ3n) is 7.66. The van der Waals surface area contributed by atoms with E-state index in [4.69, 9.17) is 14.2 Å². The minimum Gasteiger partial charge on any atom is -0.493 e. The largest absolute Gasteiger partial charge is 0.493 e. The van der Waals surface area contributed by atoms with Gasteiger partial charge in [0, 0.05) is 23.1 Å². The maximum atomic E-state index is 15.4. The summed E-state index contributed by atoms with van der Waals surface area (Å²) in [6, 6.07) is 10.2. The van der Waals surface area contributed by atoms with E-state index in [2.05, 4.69) is 24.1 Å². The van der Waals surface area contributed by atoms with Crippen molar-refractivity contribution in [3.8, 4) is 22.6 Å². The Morgan fingerprint density at radius 2 is 1.92 bits per heavy atom. The molecule has 6 rings (SSSR count). The molecule has 194 valence electrons. The van der Waals surface area contributed by atoms with Crippen molar-refractivity contribution in [1.82, 2.24) is 10.2 Å². The van der Waals surface area contributed by atoms with E-state index in [0.717, 1.165) is 43.8 Å². The van der Waals surface area contributed by atoms with E-state index in [9.17, 15) is 4.79 Å². The minimum absolute atomic E-state index is 0.0819. The van der Waals surface area contributed by atoms with E-state index < -0.39 is 17.6 Å². The average Bonchev–Trinajstić information content (AvgIpc) is 2.85. The van der Waals surface area contributed by atoms with Crippen LogP contribution in [0, 0.1) is 23.1 Å². The lowest BCUT2D eigenvalue weighted by molar-refractivity contribution is -0.0361. The molecule has 36 heavy (non-hydrogen) atoms. The fourth-order valence-electron chi connectivity index (χ4n) is 5.51. The first kappa shape index (κ1) is 24.9. The van der Waals surface area contributed by atoms with Crippen LogP contribution in [0.25, 0.3) is 11.1 Å². The second-order valence-corrected chi connectivity index (χ2v) is 11.5. The highest BCUT2D eigenvalue weighted by molar-refractivity contribution is 5.71. The number of fused-ring (bicyclic) bond motifs is 4. The SMILES string of the molecule is CC(C)COc1ccc(-c2cc3c(cc2F)C(NC(=O)OC2CN4CCC2CC4)C(C)(C)CO3)cc1. The van der Waals surface area contributed by atoms with Gasteiger partial charge in [0.25, 0.3) is 0 Å². The number of hydrogen-bond acceptors (Lipinski definition) is 5. The topological polar surface area (TPSA) is 60.0 Å². The summed E-state index contributed by atoms with van der Waals surface area (Å²) in [5, 5.41) is 3.05. The molecule has 4 aliphatic heterocycles. The standard InChI is InChI=1S/C29H37FN2O4/c1-18(2)16-34-21-7-5-19(6-8-21)22-14-25-23(13-24(22)30)27(29(3,4)17-35-25)31-28(33)36-26-15-32-11-9-20(26)10-12-32/h5-8,13-14,18,20,26-27H,9-12,15-17H2,1-4H3,(H,31,33). The van der Waals surface area contributed by atoms with Gasteiger partial charge in [0.1, 0.15) is 23.4 Å². The van der Waals surface area contributed by atoms with Gasteiger partial charge in [-0.15, -0.1) is 0 Å². The summed E-state index contributed by atoms with van der Waals surface area (Å²) >= 11 is 0. The molecule has 1 amide bonds. The Balaban J connectivity index is 1.34. The summed E-state index contributed by atoms with van der Waals surface area (Å²) < 4.78 is 33.1. The van der Waals surface area contributed by atoms with Gasteiger partial charge in [0.05, 0.1) is 19.3 Å². The number of hydrogen-bond donors (Lipinski definition) is 1. The fraction of sp³-hybridized carbons (Fsp3) is 0.552. The molecule has 2 aromatic carbocycles. The number of amides is 1. The third-order valence-corrected chi connectivity index (χ3v) is 7.66. The third kappa shape index (κ3) is 5.17. The molecule has 0 spiro atoms. The van der Waals surface area contributed by atoms with E-state index >= 15 is 4.39 Å². The first-order chi connectivity index (χ1) is 17.2. The van der Waals surface area contributed by atoms with Crippen LogP contribution in [0.2, 0.25) is 0 Å². The van der Waals surface area contributed by atoms with Crippen LogP contribution in [0.3, 0.4) is 0 Å². The quantitative estimate of drug-likeness (QED) is 0.547. The molecule has 2 atom stereocenters. The van der Waals surface area contributed by atoms with Gasteiger partial charge in [-0.1, -0.05) is 39.8 Å².